The van der Waals surface area contributed by atoms with Gasteiger partial charge in [-0.15, -0.1) is 0 Å². The number of amidine groups is 1. The molecule has 0 saturated heterocycles. The second kappa shape index (κ2) is 22.9. The molecule has 0 bridgehead atoms. The molecule has 2 aliphatic rings. The maximum Gasteiger partial charge on any atom is 0.488 e. The Balaban J connectivity index is 0.000000469. The highest BCUT2D eigenvalue weighted by Crippen LogP contribution is 2.36. The largest absolute Gasteiger partial charge is 0.488 e. The normalized spacial score (nSPS) is 18.0. The Bertz CT molecular complexity index is 2100. The van der Waals surface area contributed by atoms with Crippen molar-refractivity contribution in [3.63, 3.8) is 0 Å². The fourth-order valence-corrected chi connectivity index (χ4v) is 6.82. The molecule has 11 N–H and O–H groups in total. The molecule has 2 fully saturated rings. The number of aromatic nitrogens is 2. The highest BCUT2D eigenvalue weighted by molar-refractivity contribution is 9.10. The number of amides is 2. The number of esters is 2. The van der Waals surface area contributed by atoms with Crippen molar-refractivity contribution in [2.75, 3.05) is 19.5 Å². The number of carbonyl (C=O) groups is 4. The van der Waals surface area contributed by atoms with Crippen molar-refractivity contribution < 1.29 is 41.7 Å². The minimum atomic E-state index is -1.59. The Morgan fingerprint density at radius 2 is 1.52 bits per heavy atom. The number of primary amides is 2. The first-order chi connectivity index (χ1) is 28.1. The molecule has 2 aliphatic carbocycles. The third-order valence-electron chi connectivity index (χ3n) is 8.99. The van der Waals surface area contributed by atoms with Gasteiger partial charge in [0, 0.05) is 36.0 Å². The van der Waals surface area contributed by atoms with Gasteiger partial charge in [-0.05, 0) is 106 Å². The highest BCUT2D eigenvalue weighted by atomic mass is 79.9. The van der Waals surface area contributed by atoms with Gasteiger partial charge in [-0.2, -0.15) is 15.6 Å². The van der Waals surface area contributed by atoms with E-state index in [1.54, 1.807) is 35.1 Å². The van der Waals surface area contributed by atoms with E-state index < -0.39 is 30.9 Å². The summed E-state index contributed by atoms with van der Waals surface area (Å²) in [4.78, 5) is 45.8. The van der Waals surface area contributed by atoms with Crippen LogP contribution in [0.3, 0.4) is 0 Å². The van der Waals surface area contributed by atoms with E-state index in [9.17, 15) is 24.4 Å². The van der Waals surface area contributed by atoms with Gasteiger partial charge in [-0.3, -0.25) is 19.7 Å². The van der Waals surface area contributed by atoms with E-state index in [4.69, 9.17) is 45.6 Å². The zero-order valence-electron chi connectivity index (χ0n) is 32.9. The summed E-state index contributed by atoms with van der Waals surface area (Å²) in [7, 11) is 0.970. The highest BCUT2D eigenvalue weighted by Gasteiger charge is 2.31. The van der Waals surface area contributed by atoms with E-state index in [0.29, 0.717) is 20.2 Å². The molecule has 2 amide bonds. The van der Waals surface area contributed by atoms with E-state index in [1.165, 1.54) is 32.6 Å². The predicted molar refractivity (Wildman–Crippen MR) is 225 cm³/mol. The van der Waals surface area contributed by atoms with Gasteiger partial charge in [-0.25, -0.2) is 9.59 Å². The van der Waals surface area contributed by atoms with Crippen LogP contribution in [0.5, 0.6) is 0 Å². The van der Waals surface area contributed by atoms with Crippen LogP contribution in [0.2, 0.25) is 0 Å². The van der Waals surface area contributed by atoms with Crippen molar-refractivity contribution in [3.05, 3.63) is 80.0 Å². The Kier molecular flexibility index (Phi) is 18.4. The lowest BCUT2D eigenvalue weighted by Gasteiger charge is -2.14. The number of nitrogens with one attached hydrogen (secondary N) is 3. The summed E-state index contributed by atoms with van der Waals surface area (Å²) in [5.74, 6) is -2.68. The Labute approximate surface area is 355 Å². The van der Waals surface area contributed by atoms with Gasteiger partial charge < -0.3 is 47.4 Å². The van der Waals surface area contributed by atoms with Crippen LogP contribution in [0.4, 0.5) is 11.5 Å². The van der Waals surface area contributed by atoms with Crippen LogP contribution in [0.1, 0.15) is 86.0 Å². The molecule has 0 radical (unpaired) electrons. The number of nitriles is 2. The van der Waals surface area contributed by atoms with Crippen molar-refractivity contribution in [2.45, 2.75) is 58.0 Å². The SMILES string of the molecule is C.COC(=O)c1cc(B(O)O)ccc1Br.COC(=O)c1cc(Nc2nn(C3CCC[C@@H]3C#N)cc2C(N)=O)ccc1Br.N#C[C@H]1CCCC1N/C=C(\C(=N)N)C(N)=O.[2H][2H]. The Hall–Kier alpha value is -5.74. The number of hydrogen-bond acceptors (Lipinski definition) is 14. The van der Waals surface area contributed by atoms with Gasteiger partial charge in [0.05, 0.1) is 60.9 Å². The van der Waals surface area contributed by atoms with Crippen molar-refractivity contribution in [1.82, 2.24) is 15.1 Å². The standard InChI is InChI=1S/C18H18BrN5O3.C10H15N5O.C8H8BBrO4.CH4.H2/c1-27-18(26)12-7-11(5-6-14(12)19)22-17-13(16(21)25)9-24(23-17)15-4-2-3-10(15)8-20;11-4-6-2-1-3-8(6)15-5-7(9(12)13)10(14)16;1-14-8(11)6-4-5(9(12)13)2-3-7(6)10;;/h5-7,9-10,15H,2-4H2,1H3,(H2,21,25)(H,22,23);5-6,8,15H,1-3H2,(H3,12,13)(H2,14,16);2-4,12-13H,1H3;1H4;1H/b;7-5+;;;/t10-,15?;6-,8?;;;/m11.../s1/i;;;;1+1D. The summed E-state index contributed by atoms with van der Waals surface area (Å²) in [5.41, 5.74) is 17.3. The zero-order chi connectivity index (χ0) is 44.4. The summed E-state index contributed by atoms with van der Waals surface area (Å²) < 4.78 is 22.1. The van der Waals surface area contributed by atoms with E-state index >= 15 is 0 Å². The molecule has 58 heavy (non-hydrogen) atoms. The van der Waals surface area contributed by atoms with Gasteiger partial charge in [0.15, 0.2) is 5.82 Å². The molecule has 1 heterocycles. The first-order valence-corrected chi connectivity index (χ1v) is 18.8. The molecule has 5 rings (SSSR count). The van der Waals surface area contributed by atoms with Crippen LogP contribution in [0.25, 0.3) is 0 Å². The molecule has 3 aromatic rings. The molecular formula is C37H47BBr2N10O8. The minimum absolute atomic E-state index is 0. The smallest absolute Gasteiger partial charge is 0.465 e. The zero-order valence-corrected chi connectivity index (χ0v) is 34.0. The number of halogens is 2. The van der Waals surface area contributed by atoms with Crippen LogP contribution >= 0.6 is 31.9 Å². The number of nitrogens with two attached hydrogens (primary N) is 3. The quantitative estimate of drug-likeness (QED) is 0.0449. The van der Waals surface area contributed by atoms with Crippen LogP contribution in [0, 0.1) is 39.9 Å². The maximum atomic E-state index is 11.9. The number of methoxy groups -OCH3 is 2. The van der Waals surface area contributed by atoms with E-state index in [2.05, 4.69) is 64.5 Å². The molecule has 0 spiro atoms. The van der Waals surface area contributed by atoms with Gasteiger partial charge in [0.1, 0.15) is 11.4 Å². The molecule has 2 aromatic carbocycles. The number of ether oxygens (including phenoxy) is 2. The van der Waals surface area contributed by atoms with Gasteiger partial charge in [0.25, 0.3) is 11.8 Å². The van der Waals surface area contributed by atoms with Gasteiger partial charge in [0.2, 0.25) is 0 Å². The summed E-state index contributed by atoms with van der Waals surface area (Å²) in [5, 5.41) is 53.5. The molecule has 2 unspecified atom stereocenters. The summed E-state index contributed by atoms with van der Waals surface area (Å²) in [6.45, 7) is 0. The molecule has 0 aliphatic heterocycles. The number of rotatable bonds is 11. The maximum absolute atomic E-state index is 11.9. The molecular weight excluding hydrogens is 883 g/mol. The van der Waals surface area contributed by atoms with Gasteiger partial charge >= 0.3 is 19.1 Å². The van der Waals surface area contributed by atoms with E-state index in [-0.39, 0.29) is 65.2 Å². The average Bonchev–Trinajstić information content (AvgIpc) is 3.99. The summed E-state index contributed by atoms with van der Waals surface area (Å²) >= 11 is 6.46. The monoisotopic (exact) mass is 930 g/mol. The lowest BCUT2D eigenvalue weighted by atomic mass is 9.80. The fraction of sp³-hybridized carbons (Fsp3) is 0.351. The average molecular weight is 932 g/mol. The molecule has 4 atom stereocenters. The molecule has 2 saturated carbocycles. The lowest BCUT2D eigenvalue weighted by molar-refractivity contribution is -0.114. The minimum Gasteiger partial charge on any atom is -0.465 e. The van der Waals surface area contributed by atoms with E-state index in [0.717, 1.165) is 38.5 Å². The molecule has 310 valence electrons. The number of carbonyl (C=O) groups excluding carboxylic acids is 4. The molecule has 21 heteroatoms. The topological polar surface area (TPSA) is 319 Å². The number of nitrogens with zero attached hydrogens (tertiary/aromatic N) is 4. The number of hydrogen-bond donors (Lipinski definition) is 8. The predicted octanol–water partition coefficient (Wildman–Crippen LogP) is 3.51. The lowest BCUT2D eigenvalue weighted by Crippen LogP contribution is -2.32. The number of anilines is 2. The van der Waals surface area contributed by atoms with E-state index in [1.807, 2.05) is 0 Å². The molecule has 1 aromatic heterocycles. The fourth-order valence-electron chi connectivity index (χ4n) is 6.00. The third-order valence-corrected chi connectivity index (χ3v) is 10.4. The second-order valence-electron chi connectivity index (χ2n) is 12.7. The number of benzene rings is 2. The van der Waals surface area contributed by atoms with Crippen LogP contribution in [0.15, 0.2) is 63.3 Å². The Morgan fingerprint density at radius 3 is 2.05 bits per heavy atom. The first-order valence-electron chi connectivity index (χ1n) is 18.2. The van der Waals surface area contributed by atoms with Crippen molar-refractivity contribution >= 4 is 85.5 Å². The van der Waals surface area contributed by atoms with Crippen molar-refractivity contribution in [3.8, 4) is 12.1 Å². The second-order valence-corrected chi connectivity index (χ2v) is 14.4. The summed E-state index contributed by atoms with van der Waals surface area (Å²) in [6.07, 6.45) is 8.19. The summed E-state index contributed by atoms with van der Waals surface area (Å²) in [6, 6.07) is 13.9. The van der Waals surface area contributed by atoms with Crippen LogP contribution in [-0.4, -0.2) is 76.8 Å². The first kappa shape index (κ1) is 46.6. The van der Waals surface area contributed by atoms with Gasteiger partial charge in [-0.1, -0.05) is 13.5 Å². The van der Waals surface area contributed by atoms with Crippen molar-refractivity contribution in [2.24, 2.45) is 29.0 Å². The molecule has 18 nitrogen and oxygen atoms in total. The van der Waals surface area contributed by atoms with Crippen LogP contribution < -0.4 is 33.3 Å². The van der Waals surface area contributed by atoms with Crippen LogP contribution in [-0.2, 0) is 14.3 Å². The third kappa shape index (κ3) is 12.9. The Morgan fingerprint density at radius 1 is 0.948 bits per heavy atom. The van der Waals surface area contributed by atoms with Crippen molar-refractivity contribution in [1.29, 1.82) is 15.9 Å².